The number of alkyl halides is 3. The molecule has 0 heterocycles. The fraction of sp³-hybridized carbons (Fsp3) is 0.143. The van der Waals surface area contributed by atoms with Gasteiger partial charge in [0.15, 0.2) is 11.6 Å². The molecule has 112 valence electrons. The van der Waals surface area contributed by atoms with Crippen LogP contribution in [0.4, 0.5) is 22.0 Å². The maximum absolute atomic E-state index is 13.6. The summed E-state index contributed by atoms with van der Waals surface area (Å²) in [5.74, 6) is -3.08. The van der Waals surface area contributed by atoms with Crippen LogP contribution in [0.5, 0.6) is 5.75 Å². The van der Waals surface area contributed by atoms with Gasteiger partial charge in [0.05, 0.1) is 5.56 Å². The molecule has 1 nitrogen and oxygen atoms in total. The highest BCUT2D eigenvalue weighted by atomic mass is 79.9. The first kappa shape index (κ1) is 15.8. The topological polar surface area (TPSA) is 9.23 Å². The maximum Gasteiger partial charge on any atom is 0.419 e. The number of benzene rings is 2. The lowest BCUT2D eigenvalue weighted by atomic mass is 10.1. The van der Waals surface area contributed by atoms with E-state index in [2.05, 4.69) is 15.9 Å². The molecule has 0 unspecified atom stereocenters. The quantitative estimate of drug-likeness (QED) is 0.667. The molecule has 2 aromatic carbocycles. The molecule has 0 spiro atoms. The van der Waals surface area contributed by atoms with Crippen molar-refractivity contribution in [2.45, 2.75) is 12.8 Å². The van der Waals surface area contributed by atoms with Crippen LogP contribution in [0.1, 0.15) is 11.1 Å². The lowest BCUT2D eigenvalue weighted by molar-refractivity contribution is -0.140. The standard InChI is InChI=1S/C14H8BrF5O/c15-9-2-4-10(5-3-9)21-7-8-1-6-11(14(18,19)20)13(17)12(8)16/h1-6H,7H2. The lowest BCUT2D eigenvalue weighted by Gasteiger charge is -2.12. The largest absolute Gasteiger partial charge is 0.489 e. The zero-order valence-corrected chi connectivity index (χ0v) is 11.9. The normalized spacial score (nSPS) is 11.5. The molecule has 0 saturated carbocycles. The minimum Gasteiger partial charge on any atom is -0.489 e. The number of hydrogen-bond acceptors (Lipinski definition) is 1. The highest BCUT2D eigenvalue weighted by Gasteiger charge is 2.35. The van der Waals surface area contributed by atoms with Crippen molar-refractivity contribution >= 4 is 15.9 Å². The molecule has 0 saturated heterocycles. The van der Waals surface area contributed by atoms with E-state index in [4.69, 9.17) is 4.74 Å². The first-order valence-electron chi connectivity index (χ1n) is 5.71. The van der Waals surface area contributed by atoms with Crippen molar-refractivity contribution in [3.8, 4) is 5.75 Å². The smallest absolute Gasteiger partial charge is 0.419 e. The van der Waals surface area contributed by atoms with Gasteiger partial charge in [-0.15, -0.1) is 0 Å². The average Bonchev–Trinajstić information content (AvgIpc) is 2.41. The van der Waals surface area contributed by atoms with E-state index in [0.717, 1.165) is 10.5 Å². The van der Waals surface area contributed by atoms with Crippen molar-refractivity contribution in [1.82, 2.24) is 0 Å². The first-order valence-corrected chi connectivity index (χ1v) is 6.51. The van der Waals surface area contributed by atoms with Gasteiger partial charge < -0.3 is 4.74 Å². The van der Waals surface area contributed by atoms with Crippen molar-refractivity contribution in [3.05, 3.63) is 63.6 Å². The summed E-state index contributed by atoms with van der Waals surface area (Å²) in [7, 11) is 0. The maximum atomic E-state index is 13.6. The molecule has 0 radical (unpaired) electrons. The molecule has 0 atom stereocenters. The Labute approximate surface area is 125 Å². The van der Waals surface area contributed by atoms with Crippen LogP contribution in [0.15, 0.2) is 40.9 Å². The number of ether oxygens (including phenoxy) is 1. The van der Waals surface area contributed by atoms with Crippen LogP contribution >= 0.6 is 15.9 Å². The van der Waals surface area contributed by atoms with Gasteiger partial charge in [0.25, 0.3) is 0 Å². The third-order valence-electron chi connectivity index (χ3n) is 2.68. The third-order valence-corrected chi connectivity index (χ3v) is 3.20. The van der Waals surface area contributed by atoms with Gasteiger partial charge in [-0.1, -0.05) is 22.0 Å². The summed E-state index contributed by atoms with van der Waals surface area (Å²) in [5, 5.41) is 0. The Morgan fingerprint density at radius 2 is 1.52 bits per heavy atom. The Kier molecular flexibility index (Phi) is 4.51. The van der Waals surface area contributed by atoms with Gasteiger partial charge in [0, 0.05) is 10.0 Å². The minimum absolute atomic E-state index is 0.289. The van der Waals surface area contributed by atoms with Crippen molar-refractivity contribution in [1.29, 1.82) is 0 Å². The fourth-order valence-corrected chi connectivity index (χ4v) is 1.88. The van der Waals surface area contributed by atoms with Gasteiger partial charge in [0.1, 0.15) is 12.4 Å². The minimum atomic E-state index is -4.93. The number of hydrogen-bond donors (Lipinski definition) is 0. The zero-order valence-electron chi connectivity index (χ0n) is 10.3. The molecule has 0 N–H and O–H groups in total. The summed E-state index contributed by atoms with van der Waals surface area (Å²) in [5.41, 5.74) is -1.92. The highest BCUT2D eigenvalue weighted by Crippen LogP contribution is 2.33. The van der Waals surface area contributed by atoms with E-state index in [1.54, 1.807) is 24.3 Å². The van der Waals surface area contributed by atoms with Gasteiger partial charge >= 0.3 is 6.18 Å². The van der Waals surface area contributed by atoms with Crippen molar-refractivity contribution in [2.75, 3.05) is 0 Å². The van der Waals surface area contributed by atoms with Gasteiger partial charge in [-0.2, -0.15) is 13.2 Å². The van der Waals surface area contributed by atoms with Crippen molar-refractivity contribution in [3.63, 3.8) is 0 Å². The van der Waals surface area contributed by atoms with Gasteiger partial charge in [0.2, 0.25) is 0 Å². The third kappa shape index (κ3) is 3.72. The average molecular weight is 367 g/mol. The molecule has 0 aromatic heterocycles. The van der Waals surface area contributed by atoms with Crippen LogP contribution in [0.2, 0.25) is 0 Å². The molecular weight excluding hydrogens is 359 g/mol. The van der Waals surface area contributed by atoms with E-state index in [1.807, 2.05) is 0 Å². The van der Waals surface area contributed by atoms with Crippen LogP contribution in [0.25, 0.3) is 0 Å². The van der Waals surface area contributed by atoms with Gasteiger partial charge in [-0.05, 0) is 30.3 Å². The van der Waals surface area contributed by atoms with Gasteiger partial charge in [-0.25, -0.2) is 8.78 Å². The second kappa shape index (κ2) is 6.01. The van der Waals surface area contributed by atoms with E-state index in [1.165, 1.54) is 0 Å². The van der Waals surface area contributed by atoms with E-state index in [9.17, 15) is 22.0 Å². The lowest BCUT2D eigenvalue weighted by Crippen LogP contribution is -2.11. The summed E-state index contributed by atoms with van der Waals surface area (Å²) in [4.78, 5) is 0. The Morgan fingerprint density at radius 3 is 2.10 bits per heavy atom. The predicted molar refractivity (Wildman–Crippen MR) is 69.8 cm³/mol. The van der Waals surface area contributed by atoms with Crippen LogP contribution in [-0.2, 0) is 12.8 Å². The molecule has 0 fully saturated rings. The summed E-state index contributed by atoms with van der Waals surface area (Å²) >= 11 is 3.22. The Balaban J connectivity index is 2.18. The van der Waals surface area contributed by atoms with E-state index in [-0.39, 0.29) is 12.2 Å². The highest BCUT2D eigenvalue weighted by molar-refractivity contribution is 9.10. The molecule has 0 aliphatic carbocycles. The van der Waals surface area contributed by atoms with Crippen LogP contribution in [-0.4, -0.2) is 0 Å². The molecule has 2 aromatic rings. The second-order valence-electron chi connectivity index (χ2n) is 4.14. The van der Waals surface area contributed by atoms with E-state index < -0.39 is 23.4 Å². The number of rotatable bonds is 3. The van der Waals surface area contributed by atoms with E-state index in [0.29, 0.717) is 11.8 Å². The van der Waals surface area contributed by atoms with Crippen LogP contribution in [0.3, 0.4) is 0 Å². The van der Waals surface area contributed by atoms with E-state index >= 15 is 0 Å². The molecule has 0 aliphatic rings. The van der Waals surface area contributed by atoms with Crippen LogP contribution in [0, 0.1) is 11.6 Å². The molecule has 0 bridgehead atoms. The summed E-state index contributed by atoms with van der Waals surface area (Å²) in [6, 6.07) is 7.89. The van der Waals surface area contributed by atoms with Crippen LogP contribution < -0.4 is 4.74 Å². The molecule has 7 heteroatoms. The van der Waals surface area contributed by atoms with Crippen molar-refractivity contribution < 1.29 is 26.7 Å². The Hall–Kier alpha value is -1.63. The molecule has 21 heavy (non-hydrogen) atoms. The second-order valence-corrected chi connectivity index (χ2v) is 5.06. The Morgan fingerprint density at radius 1 is 0.905 bits per heavy atom. The fourth-order valence-electron chi connectivity index (χ4n) is 1.61. The molecule has 0 amide bonds. The van der Waals surface area contributed by atoms with Gasteiger partial charge in [-0.3, -0.25) is 0 Å². The first-order chi connectivity index (χ1) is 9.79. The summed E-state index contributed by atoms with van der Waals surface area (Å²) in [6.45, 7) is -0.372. The monoisotopic (exact) mass is 366 g/mol. The summed E-state index contributed by atoms with van der Waals surface area (Å²) in [6.07, 6.45) is -4.93. The molecule has 2 rings (SSSR count). The Bertz CT molecular complexity index is 637. The molecular formula is C14H8BrF5O. The predicted octanol–water partition coefficient (Wildman–Crippen LogP) is 5.33. The zero-order chi connectivity index (χ0) is 15.6. The molecule has 0 aliphatic heterocycles. The van der Waals surface area contributed by atoms with Crippen molar-refractivity contribution in [2.24, 2.45) is 0 Å². The summed E-state index contributed by atoms with van der Waals surface area (Å²) < 4.78 is 70.2. The SMILES string of the molecule is Fc1c(COc2ccc(Br)cc2)ccc(C(F)(F)F)c1F. The number of halogens is 6.